The first-order valence-corrected chi connectivity index (χ1v) is 6.28. The SMILES string of the molecule is O=Cc1csc2cc(-c3ccccc3)ccc12. The van der Waals surface area contributed by atoms with Crippen LogP contribution in [0.25, 0.3) is 21.2 Å². The van der Waals surface area contributed by atoms with Gasteiger partial charge in [-0.2, -0.15) is 0 Å². The van der Waals surface area contributed by atoms with Crippen LogP contribution in [-0.4, -0.2) is 6.29 Å². The maximum absolute atomic E-state index is 10.8. The van der Waals surface area contributed by atoms with Crippen LogP contribution >= 0.6 is 11.3 Å². The number of carbonyl (C=O) groups excluding carboxylic acids is 1. The molecule has 0 N–H and O–H groups in total. The summed E-state index contributed by atoms with van der Waals surface area (Å²) in [6.45, 7) is 0. The third-order valence-electron chi connectivity index (χ3n) is 2.84. The Morgan fingerprint density at radius 2 is 1.76 bits per heavy atom. The lowest BCUT2D eigenvalue weighted by Crippen LogP contribution is -1.78. The predicted octanol–water partition coefficient (Wildman–Crippen LogP) is 4.38. The van der Waals surface area contributed by atoms with Gasteiger partial charge in [0.1, 0.15) is 0 Å². The van der Waals surface area contributed by atoms with E-state index in [1.165, 1.54) is 11.1 Å². The van der Waals surface area contributed by atoms with Crippen LogP contribution in [0.15, 0.2) is 53.9 Å². The quantitative estimate of drug-likeness (QED) is 0.605. The number of rotatable bonds is 2. The highest BCUT2D eigenvalue weighted by Crippen LogP contribution is 2.29. The van der Waals surface area contributed by atoms with Crippen LogP contribution < -0.4 is 0 Å². The molecular weight excluding hydrogens is 228 g/mol. The summed E-state index contributed by atoms with van der Waals surface area (Å²) in [5.41, 5.74) is 3.18. The van der Waals surface area contributed by atoms with E-state index in [2.05, 4.69) is 24.3 Å². The molecule has 1 heterocycles. The molecule has 1 nitrogen and oxygen atoms in total. The summed E-state index contributed by atoms with van der Waals surface area (Å²) in [5, 5.41) is 2.96. The Balaban J connectivity index is 2.18. The summed E-state index contributed by atoms with van der Waals surface area (Å²) in [6.07, 6.45) is 0.918. The molecule has 0 saturated heterocycles. The third-order valence-corrected chi connectivity index (χ3v) is 3.80. The first-order chi connectivity index (χ1) is 8.38. The molecule has 0 atom stereocenters. The third kappa shape index (κ3) is 1.77. The highest BCUT2D eigenvalue weighted by Gasteiger charge is 2.04. The van der Waals surface area contributed by atoms with E-state index in [4.69, 9.17) is 0 Å². The van der Waals surface area contributed by atoms with E-state index in [1.54, 1.807) is 11.3 Å². The minimum absolute atomic E-state index is 0.782. The first kappa shape index (κ1) is 10.2. The number of hydrogen-bond donors (Lipinski definition) is 0. The molecule has 0 bridgehead atoms. The second-order valence-electron chi connectivity index (χ2n) is 3.89. The highest BCUT2D eigenvalue weighted by atomic mass is 32.1. The summed E-state index contributed by atoms with van der Waals surface area (Å²) < 4.78 is 1.16. The van der Waals surface area contributed by atoms with Gasteiger partial charge in [0.2, 0.25) is 0 Å². The van der Waals surface area contributed by atoms with Crippen molar-refractivity contribution >= 4 is 27.7 Å². The molecule has 0 amide bonds. The van der Waals surface area contributed by atoms with Crippen molar-refractivity contribution in [1.29, 1.82) is 0 Å². The van der Waals surface area contributed by atoms with Crippen molar-refractivity contribution in [2.45, 2.75) is 0 Å². The van der Waals surface area contributed by atoms with E-state index < -0.39 is 0 Å². The Bertz CT molecular complexity index is 668. The van der Waals surface area contributed by atoms with Crippen molar-refractivity contribution < 1.29 is 4.79 Å². The fourth-order valence-electron chi connectivity index (χ4n) is 1.95. The zero-order chi connectivity index (χ0) is 11.7. The van der Waals surface area contributed by atoms with Gasteiger partial charge in [-0.3, -0.25) is 4.79 Å². The van der Waals surface area contributed by atoms with Crippen molar-refractivity contribution in [1.82, 2.24) is 0 Å². The standard InChI is InChI=1S/C15H10OS/c16-9-13-10-17-15-8-12(6-7-14(13)15)11-4-2-1-3-5-11/h1-10H. The largest absolute Gasteiger partial charge is 0.298 e. The van der Waals surface area contributed by atoms with E-state index in [0.717, 1.165) is 21.9 Å². The van der Waals surface area contributed by atoms with Gasteiger partial charge in [0.05, 0.1) is 0 Å². The minimum Gasteiger partial charge on any atom is -0.298 e. The van der Waals surface area contributed by atoms with E-state index in [-0.39, 0.29) is 0 Å². The molecular formula is C15H10OS. The lowest BCUT2D eigenvalue weighted by Gasteiger charge is -2.01. The zero-order valence-corrected chi connectivity index (χ0v) is 9.91. The first-order valence-electron chi connectivity index (χ1n) is 5.40. The summed E-state index contributed by atoms with van der Waals surface area (Å²) in [4.78, 5) is 10.8. The Morgan fingerprint density at radius 3 is 2.53 bits per heavy atom. The maximum Gasteiger partial charge on any atom is 0.151 e. The fraction of sp³-hybridized carbons (Fsp3) is 0. The molecule has 0 unspecified atom stereocenters. The van der Waals surface area contributed by atoms with Crippen molar-refractivity contribution in [2.24, 2.45) is 0 Å². The van der Waals surface area contributed by atoms with Crippen molar-refractivity contribution in [3.8, 4) is 11.1 Å². The maximum atomic E-state index is 10.8. The molecule has 3 aromatic rings. The molecule has 2 aromatic carbocycles. The average Bonchev–Trinajstić information content (AvgIpc) is 2.81. The molecule has 0 fully saturated rings. The number of benzene rings is 2. The van der Waals surface area contributed by atoms with Gasteiger partial charge in [0, 0.05) is 21.0 Å². The van der Waals surface area contributed by atoms with Gasteiger partial charge in [0.25, 0.3) is 0 Å². The second-order valence-corrected chi connectivity index (χ2v) is 4.80. The molecule has 2 heteroatoms. The zero-order valence-electron chi connectivity index (χ0n) is 9.09. The molecule has 0 aliphatic rings. The fourth-order valence-corrected chi connectivity index (χ4v) is 2.89. The molecule has 3 rings (SSSR count). The van der Waals surface area contributed by atoms with Crippen molar-refractivity contribution in [3.05, 3.63) is 59.5 Å². The molecule has 0 saturated carbocycles. The normalized spacial score (nSPS) is 10.6. The number of fused-ring (bicyclic) bond motifs is 1. The summed E-state index contributed by atoms with van der Waals surface area (Å²) in [5.74, 6) is 0. The van der Waals surface area contributed by atoms with Crippen LogP contribution in [0.3, 0.4) is 0 Å². The van der Waals surface area contributed by atoms with Crippen molar-refractivity contribution in [2.75, 3.05) is 0 Å². The van der Waals surface area contributed by atoms with Crippen LogP contribution in [0.4, 0.5) is 0 Å². The topological polar surface area (TPSA) is 17.1 Å². The number of carbonyl (C=O) groups is 1. The Hall–Kier alpha value is -1.93. The predicted molar refractivity (Wildman–Crippen MR) is 72.6 cm³/mol. The molecule has 0 aliphatic carbocycles. The van der Waals surface area contributed by atoms with Gasteiger partial charge in [-0.25, -0.2) is 0 Å². The smallest absolute Gasteiger partial charge is 0.151 e. The van der Waals surface area contributed by atoms with Gasteiger partial charge < -0.3 is 0 Å². The lowest BCUT2D eigenvalue weighted by molar-refractivity contribution is 0.112. The molecule has 17 heavy (non-hydrogen) atoms. The Labute approximate surface area is 103 Å². The van der Waals surface area contributed by atoms with Crippen LogP contribution in [0.1, 0.15) is 10.4 Å². The van der Waals surface area contributed by atoms with Crippen molar-refractivity contribution in [3.63, 3.8) is 0 Å². The average molecular weight is 238 g/mol. The molecule has 0 aliphatic heterocycles. The van der Waals surface area contributed by atoms with Crippen LogP contribution in [-0.2, 0) is 0 Å². The number of hydrogen-bond acceptors (Lipinski definition) is 2. The molecule has 0 radical (unpaired) electrons. The molecule has 82 valence electrons. The van der Waals surface area contributed by atoms with Gasteiger partial charge >= 0.3 is 0 Å². The molecule has 1 aromatic heterocycles. The summed E-state index contributed by atoms with van der Waals surface area (Å²) >= 11 is 1.62. The van der Waals surface area contributed by atoms with Gasteiger partial charge in [-0.1, -0.05) is 42.5 Å². The number of aldehydes is 1. The van der Waals surface area contributed by atoms with E-state index >= 15 is 0 Å². The van der Waals surface area contributed by atoms with Gasteiger partial charge in [-0.15, -0.1) is 11.3 Å². The van der Waals surface area contributed by atoms with Gasteiger partial charge in [0.15, 0.2) is 6.29 Å². The second kappa shape index (κ2) is 4.15. The van der Waals surface area contributed by atoms with Gasteiger partial charge in [-0.05, 0) is 17.2 Å². The monoisotopic (exact) mass is 238 g/mol. The van der Waals surface area contributed by atoms with E-state index in [0.29, 0.717) is 0 Å². The Kier molecular flexibility index (Phi) is 2.50. The van der Waals surface area contributed by atoms with Crippen LogP contribution in [0.5, 0.6) is 0 Å². The van der Waals surface area contributed by atoms with Crippen LogP contribution in [0, 0.1) is 0 Å². The lowest BCUT2D eigenvalue weighted by atomic mass is 10.0. The van der Waals surface area contributed by atoms with Crippen LogP contribution in [0.2, 0.25) is 0 Å². The Morgan fingerprint density at radius 1 is 0.941 bits per heavy atom. The summed E-state index contributed by atoms with van der Waals surface area (Å²) in [7, 11) is 0. The minimum atomic E-state index is 0.782. The summed E-state index contributed by atoms with van der Waals surface area (Å²) in [6, 6.07) is 16.5. The number of thiophene rings is 1. The van der Waals surface area contributed by atoms with E-state index in [9.17, 15) is 4.79 Å². The highest BCUT2D eigenvalue weighted by molar-refractivity contribution is 7.17. The van der Waals surface area contributed by atoms with E-state index in [1.807, 2.05) is 29.6 Å². The molecule has 0 spiro atoms.